The van der Waals surface area contributed by atoms with E-state index in [9.17, 15) is 18.0 Å². The molecule has 0 atom stereocenters. The Hall–Kier alpha value is -1.58. The molecule has 92 valence electrons. The number of benzene rings is 1. The minimum atomic E-state index is -4.32. The van der Waals surface area contributed by atoms with Crippen LogP contribution in [-0.4, -0.2) is 6.29 Å². The van der Waals surface area contributed by atoms with Crippen LogP contribution in [0, 0.1) is 0 Å². The molecule has 1 aromatic carbocycles. The number of halogens is 3. The van der Waals surface area contributed by atoms with E-state index in [0.717, 1.165) is 24.8 Å². The lowest BCUT2D eigenvalue weighted by atomic mass is 10.1. The fraction of sp³-hybridized carbons (Fsp3) is 0.308. The zero-order valence-electron chi connectivity index (χ0n) is 9.42. The van der Waals surface area contributed by atoms with Crippen LogP contribution in [0.15, 0.2) is 29.8 Å². The standard InChI is InChI=1S/C13H13F3O/c1-2-3-11(9-17)8-10-4-6-12(7-5-10)13(14,15)16/h4-9H,2-3H2,1H3. The highest BCUT2D eigenvalue weighted by Gasteiger charge is 2.29. The summed E-state index contributed by atoms with van der Waals surface area (Å²) in [5.41, 5.74) is 0.513. The quantitative estimate of drug-likeness (QED) is 0.574. The molecule has 0 bridgehead atoms. The third kappa shape index (κ3) is 4.06. The first-order chi connectivity index (χ1) is 7.97. The fourth-order valence-corrected chi connectivity index (χ4v) is 1.44. The average molecular weight is 242 g/mol. The van der Waals surface area contributed by atoms with Crippen molar-refractivity contribution in [2.45, 2.75) is 25.9 Å². The van der Waals surface area contributed by atoms with E-state index >= 15 is 0 Å². The van der Waals surface area contributed by atoms with E-state index in [1.54, 1.807) is 6.08 Å². The van der Waals surface area contributed by atoms with Gasteiger partial charge in [-0.15, -0.1) is 0 Å². The summed E-state index contributed by atoms with van der Waals surface area (Å²) in [6.07, 6.45) is -0.521. The Bertz CT molecular complexity index is 402. The van der Waals surface area contributed by atoms with Crippen LogP contribution in [0.3, 0.4) is 0 Å². The second-order valence-electron chi connectivity index (χ2n) is 3.71. The maximum Gasteiger partial charge on any atom is 0.416 e. The van der Waals surface area contributed by atoms with Gasteiger partial charge in [-0.05, 0) is 35.8 Å². The number of hydrogen-bond acceptors (Lipinski definition) is 1. The van der Waals surface area contributed by atoms with E-state index < -0.39 is 11.7 Å². The molecule has 0 unspecified atom stereocenters. The molecule has 0 fully saturated rings. The SMILES string of the molecule is CCCC(C=O)=Cc1ccc(C(F)(F)F)cc1. The maximum atomic E-state index is 12.3. The summed E-state index contributed by atoms with van der Waals surface area (Å²) < 4.78 is 36.9. The second-order valence-corrected chi connectivity index (χ2v) is 3.71. The van der Waals surface area contributed by atoms with Gasteiger partial charge in [0.1, 0.15) is 6.29 Å². The van der Waals surface area contributed by atoms with Gasteiger partial charge in [0.15, 0.2) is 0 Å². The van der Waals surface area contributed by atoms with E-state index in [4.69, 9.17) is 0 Å². The molecule has 0 spiro atoms. The minimum absolute atomic E-state index is 0.590. The first-order valence-corrected chi connectivity index (χ1v) is 5.30. The van der Waals surface area contributed by atoms with Crippen LogP contribution in [0.25, 0.3) is 6.08 Å². The predicted molar refractivity (Wildman–Crippen MR) is 60.4 cm³/mol. The summed E-state index contributed by atoms with van der Waals surface area (Å²) in [5.74, 6) is 0. The lowest BCUT2D eigenvalue weighted by Crippen LogP contribution is -2.04. The number of alkyl halides is 3. The van der Waals surface area contributed by atoms with E-state index in [2.05, 4.69) is 0 Å². The molecule has 17 heavy (non-hydrogen) atoms. The van der Waals surface area contributed by atoms with Gasteiger partial charge in [-0.3, -0.25) is 4.79 Å². The van der Waals surface area contributed by atoms with Gasteiger partial charge in [-0.25, -0.2) is 0 Å². The van der Waals surface area contributed by atoms with Crippen LogP contribution >= 0.6 is 0 Å². The van der Waals surface area contributed by atoms with Gasteiger partial charge in [0.25, 0.3) is 0 Å². The number of hydrogen-bond donors (Lipinski definition) is 0. The lowest BCUT2D eigenvalue weighted by molar-refractivity contribution is -0.137. The van der Waals surface area contributed by atoms with Crippen molar-refractivity contribution >= 4 is 12.4 Å². The zero-order chi connectivity index (χ0) is 12.9. The van der Waals surface area contributed by atoms with Gasteiger partial charge >= 0.3 is 6.18 Å². The van der Waals surface area contributed by atoms with Crippen LogP contribution < -0.4 is 0 Å². The molecule has 0 radical (unpaired) electrons. The number of carbonyl (C=O) groups is 1. The van der Waals surface area contributed by atoms with E-state index in [-0.39, 0.29) is 0 Å². The van der Waals surface area contributed by atoms with E-state index in [1.807, 2.05) is 6.92 Å². The van der Waals surface area contributed by atoms with Crippen LogP contribution in [0.2, 0.25) is 0 Å². The van der Waals surface area contributed by atoms with E-state index in [1.165, 1.54) is 12.1 Å². The van der Waals surface area contributed by atoms with Gasteiger partial charge in [-0.1, -0.05) is 25.5 Å². The van der Waals surface area contributed by atoms with Crippen molar-refractivity contribution in [2.24, 2.45) is 0 Å². The fourth-order valence-electron chi connectivity index (χ4n) is 1.44. The van der Waals surface area contributed by atoms with Gasteiger partial charge in [-0.2, -0.15) is 13.2 Å². The third-order valence-electron chi connectivity index (χ3n) is 2.28. The van der Waals surface area contributed by atoms with Gasteiger partial charge in [0, 0.05) is 0 Å². The van der Waals surface area contributed by atoms with Crippen molar-refractivity contribution in [3.63, 3.8) is 0 Å². The molecule has 0 amide bonds. The molecule has 0 aliphatic rings. The summed E-state index contributed by atoms with van der Waals surface area (Å²) in [4.78, 5) is 10.7. The number of rotatable bonds is 4. The average Bonchev–Trinajstić information content (AvgIpc) is 2.28. The second kappa shape index (κ2) is 5.66. The Kier molecular flexibility index (Phi) is 4.49. The van der Waals surface area contributed by atoms with Crippen molar-refractivity contribution in [1.29, 1.82) is 0 Å². The molecule has 0 saturated heterocycles. The molecule has 1 nitrogen and oxygen atoms in total. The van der Waals surface area contributed by atoms with Crippen molar-refractivity contribution in [2.75, 3.05) is 0 Å². The van der Waals surface area contributed by atoms with Crippen LogP contribution in [-0.2, 0) is 11.0 Å². The first kappa shape index (κ1) is 13.5. The predicted octanol–water partition coefficient (Wildman–Crippen LogP) is 4.09. The van der Waals surface area contributed by atoms with Crippen LogP contribution in [0.4, 0.5) is 13.2 Å². The summed E-state index contributed by atoms with van der Waals surface area (Å²) >= 11 is 0. The van der Waals surface area contributed by atoms with Crippen molar-refractivity contribution in [1.82, 2.24) is 0 Å². The molecule has 0 heterocycles. The molecular weight excluding hydrogens is 229 g/mol. The first-order valence-electron chi connectivity index (χ1n) is 5.30. The molecule has 4 heteroatoms. The Labute approximate surface area is 98.0 Å². The molecule has 0 aliphatic carbocycles. The van der Waals surface area contributed by atoms with Crippen LogP contribution in [0.5, 0.6) is 0 Å². The highest BCUT2D eigenvalue weighted by atomic mass is 19.4. The molecule has 0 aromatic heterocycles. The largest absolute Gasteiger partial charge is 0.416 e. The maximum absolute atomic E-state index is 12.3. The van der Waals surface area contributed by atoms with Gasteiger partial charge < -0.3 is 0 Å². The molecule has 0 saturated carbocycles. The summed E-state index contributed by atoms with van der Waals surface area (Å²) in [7, 11) is 0. The molecule has 0 N–H and O–H groups in total. The third-order valence-corrected chi connectivity index (χ3v) is 2.28. The van der Waals surface area contributed by atoms with Gasteiger partial charge in [0.05, 0.1) is 5.56 Å². The molecular formula is C13H13F3O. The summed E-state index contributed by atoms with van der Waals surface area (Å²) in [6, 6.07) is 4.75. The smallest absolute Gasteiger partial charge is 0.298 e. The Morgan fingerprint density at radius 3 is 2.24 bits per heavy atom. The molecule has 1 rings (SSSR count). The van der Waals surface area contributed by atoms with Crippen molar-refractivity contribution in [3.05, 3.63) is 41.0 Å². The molecule has 0 aliphatic heterocycles. The highest BCUT2D eigenvalue weighted by molar-refractivity contribution is 5.81. The number of allylic oxidation sites excluding steroid dienone is 1. The topological polar surface area (TPSA) is 17.1 Å². The number of carbonyl (C=O) groups excluding carboxylic acids is 1. The summed E-state index contributed by atoms with van der Waals surface area (Å²) in [6.45, 7) is 1.93. The monoisotopic (exact) mass is 242 g/mol. The lowest BCUT2D eigenvalue weighted by Gasteiger charge is -2.06. The molecule has 1 aromatic rings. The van der Waals surface area contributed by atoms with E-state index in [0.29, 0.717) is 17.6 Å². The number of aldehydes is 1. The normalized spacial score (nSPS) is 12.6. The van der Waals surface area contributed by atoms with Crippen molar-refractivity contribution < 1.29 is 18.0 Å². The summed E-state index contributed by atoms with van der Waals surface area (Å²) in [5, 5.41) is 0. The Balaban J connectivity index is 2.91. The Morgan fingerprint density at radius 2 is 1.82 bits per heavy atom. The highest BCUT2D eigenvalue weighted by Crippen LogP contribution is 2.29. The van der Waals surface area contributed by atoms with Crippen molar-refractivity contribution in [3.8, 4) is 0 Å². The van der Waals surface area contributed by atoms with Gasteiger partial charge in [0.2, 0.25) is 0 Å². The van der Waals surface area contributed by atoms with Crippen LogP contribution in [0.1, 0.15) is 30.9 Å². The Morgan fingerprint density at radius 1 is 1.24 bits per heavy atom. The minimum Gasteiger partial charge on any atom is -0.298 e. The zero-order valence-corrected chi connectivity index (χ0v) is 9.42.